The van der Waals surface area contributed by atoms with Gasteiger partial charge in [0.05, 0.1) is 22.8 Å². The quantitative estimate of drug-likeness (QED) is 0.521. The van der Waals surface area contributed by atoms with E-state index < -0.39 is 11.4 Å². The van der Waals surface area contributed by atoms with Crippen molar-refractivity contribution in [3.63, 3.8) is 0 Å². The second-order valence-corrected chi connectivity index (χ2v) is 7.58. The number of benzene rings is 3. The maximum atomic E-state index is 12.0. The Bertz CT molecular complexity index is 1120. The van der Waals surface area contributed by atoms with Crippen LogP contribution in [0.2, 0.25) is 0 Å². The van der Waals surface area contributed by atoms with Crippen LogP contribution in [-0.4, -0.2) is 20.9 Å². The largest absolute Gasteiger partial charge is 0.481 e. The van der Waals surface area contributed by atoms with Gasteiger partial charge in [-0.3, -0.25) is 4.79 Å². The topological polar surface area (TPSA) is 55.1 Å². The van der Waals surface area contributed by atoms with E-state index in [0.717, 1.165) is 27.7 Å². The number of aromatic nitrogens is 2. The Morgan fingerprint density at radius 3 is 2.21 bits per heavy atom. The zero-order valence-electron chi connectivity index (χ0n) is 15.9. The van der Waals surface area contributed by atoms with E-state index in [2.05, 4.69) is 11.2 Å². The zero-order valence-corrected chi connectivity index (χ0v) is 15.9. The Kier molecular flexibility index (Phi) is 4.47. The van der Waals surface area contributed by atoms with Crippen molar-refractivity contribution in [1.82, 2.24) is 9.78 Å². The lowest BCUT2D eigenvalue weighted by Gasteiger charge is -2.31. The Morgan fingerprint density at radius 1 is 0.929 bits per heavy atom. The van der Waals surface area contributed by atoms with E-state index in [4.69, 9.17) is 0 Å². The molecule has 1 atom stereocenters. The molecule has 0 bridgehead atoms. The van der Waals surface area contributed by atoms with Crippen LogP contribution in [0.4, 0.5) is 0 Å². The second-order valence-electron chi connectivity index (χ2n) is 7.58. The summed E-state index contributed by atoms with van der Waals surface area (Å²) in [6, 6.07) is 25.9. The molecule has 0 saturated heterocycles. The molecule has 4 rings (SSSR count). The van der Waals surface area contributed by atoms with Crippen LogP contribution >= 0.6 is 0 Å². The van der Waals surface area contributed by atoms with Crippen molar-refractivity contribution in [2.45, 2.75) is 19.8 Å². The Morgan fingerprint density at radius 2 is 1.57 bits per heavy atom. The van der Waals surface area contributed by atoms with Gasteiger partial charge in [0.1, 0.15) is 0 Å². The molecule has 0 fully saturated rings. The number of nitrogens with zero attached hydrogens (tertiary/aromatic N) is 2. The molecule has 140 valence electrons. The van der Waals surface area contributed by atoms with Gasteiger partial charge in [-0.05, 0) is 49.2 Å². The molecular formula is C24H22N2O2. The van der Waals surface area contributed by atoms with Crippen LogP contribution in [0.25, 0.3) is 16.6 Å². The minimum atomic E-state index is -0.954. The first-order valence-electron chi connectivity index (χ1n) is 9.30. The van der Waals surface area contributed by atoms with E-state index in [-0.39, 0.29) is 5.92 Å². The van der Waals surface area contributed by atoms with Gasteiger partial charge >= 0.3 is 5.97 Å². The van der Waals surface area contributed by atoms with Crippen molar-refractivity contribution in [1.29, 1.82) is 0 Å². The second kappa shape index (κ2) is 6.97. The van der Waals surface area contributed by atoms with E-state index in [9.17, 15) is 9.90 Å². The molecule has 0 aliphatic carbocycles. The molecule has 3 aromatic carbocycles. The average Bonchev–Trinajstić information content (AvgIpc) is 3.13. The van der Waals surface area contributed by atoms with Crippen molar-refractivity contribution >= 4 is 16.9 Å². The Balaban J connectivity index is 1.85. The SMILES string of the molecule is CC(C)(C(=O)O)[C@H](c1ccccc1)c1ccc2c(cnn2-c2ccccc2)c1. The summed E-state index contributed by atoms with van der Waals surface area (Å²) in [6.45, 7) is 3.56. The van der Waals surface area contributed by atoms with Gasteiger partial charge in [0.2, 0.25) is 0 Å². The van der Waals surface area contributed by atoms with Gasteiger partial charge in [0.15, 0.2) is 0 Å². The summed E-state index contributed by atoms with van der Waals surface area (Å²) in [7, 11) is 0. The lowest BCUT2D eigenvalue weighted by Crippen LogP contribution is -2.32. The molecular weight excluding hydrogens is 348 g/mol. The lowest BCUT2D eigenvalue weighted by atomic mass is 9.71. The summed E-state index contributed by atoms with van der Waals surface area (Å²) in [6.07, 6.45) is 1.83. The van der Waals surface area contributed by atoms with Gasteiger partial charge in [-0.1, -0.05) is 54.6 Å². The average molecular weight is 370 g/mol. The van der Waals surface area contributed by atoms with E-state index >= 15 is 0 Å². The molecule has 0 aliphatic rings. The van der Waals surface area contributed by atoms with Crippen molar-refractivity contribution in [2.24, 2.45) is 5.41 Å². The molecule has 1 heterocycles. The monoisotopic (exact) mass is 370 g/mol. The third-order valence-electron chi connectivity index (χ3n) is 5.33. The summed E-state index contributed by atoms with van der Waals surface area (Å²) < 4.78 is 1.90. The zero-order chi connectivity index (χ0) is 19.7. The van der Waals surface area contributed by atoms with Crippen molar-refractivity contribution in [3.8, 4) is 5.69 Å². The van der Waals surface area contributed by atoms with Gasteiger partial charge in [-0.25, -0.2) is 4.68 Å². The molecule has 1 aromatic heterocycles. The summed E-state index contributed by atoms with van der Waals surface area (Å²) in [4.78, 5) is 12.0. The maximum Gasteiger partial charge on any atom is 0.310 e. The van der Waals surface area contributed by atoms with Gasteiger partial charge in [-0.15, -0.1) is 0 Å². The number of para-hydroxylation sites is 1. The van der Waals surface area contributed by atoms with Crippen molar-refractivity contribution in [2.75, 3.05) is 0 Å². The number of fused-ring (bicyclic) bond motifs is 1. The van der Waals surface area contributed by atoms with Crippen LogP contribution in [-0.2, 0) is 4.79 Å². The Hall–Kier alpha value is -3.40. The third-order valence-corrected chi connectivity index (χ3v) is 5.33. The number of aliphatic carboxylic acids is 1. The third kappa shape index (κ3) is 3.07. The smallest absolute Gasteiger partial charge is 0.310 e. The molecule has 0 spiro atoms. The summed E-state index contributed by atoms with van der Waals surface area (Å²) >= 11 is 0. The highest BCUT2D eigenvalue weighted by atomic mass is 16.4. The molecule has 4 heteroatoms. The van der Waals surface area contributed by atoms with Crippen molar-refractivity contribution < 1.29 is 9.90 Å². The van der Waals surface area contributed by atoms with Crippen LogP contribution in [0.15, 0.2) is 85.1 Å². The molecule has 0 saturated carbocycles. The van der Waals surface area contributed by atoms with E-state index in [1.807, 2.05) is 83.7 Å². The van der Waals surface area contributed by atoms with Crippen LogP contribution in [0, 0.1) is 5.41 Å². The van der Waals surface area contributed by atoms with Gasteiger partial charge in [-0.2, -0.15) is 5.10 Å². The van der Waals surface area contributed by atoms with Gasteiger partial charge < -0.3 is 5.11 Å². The van der Waals surface area contributed by atoms with Crippen LogP contribution in [0.3, 0.4) is 0 Å². The minimum Gasteiger partial charge on any atom is -0.481 e. The fourth-order valence-electron chi connectivity index (χ4n) is 3.80. The minimum absolute atomic E-state index is 0.268. The number of carboxylic acids is 1. The van der Waals surface area contributed by atoms with Gasteiger partial charge in [0, 0.05) is 11.3 Å². The standard InChI is InChI=1S/C24H22N2O2/c1-24(2,23(27)28)22(17-9-5-3-6-10-17)18-13-14-21-19(15-18)16-25-26(21)20-11-7-4-8-12-20/h3-16,22H,1-2H3,(H,27,28)/t22-/m1/s1. The van der Waals surface area contributed by atoms with Gasteiger partial charge in [0.25, 0.3) is 0 Å². The molecule has 0 radical (unpaired) electrons. The summed E-state index contributed by atoms with van der Waals surface area (Å²) in [5, 5.41) is 15.4. The van der Waals surface area contributed by atoms with Crippen LogP contribution in [0.1, 0.15) is 30.9 Å². The molecule has 0 amide bonds. The molecule has 0 aliphatic heterocycles. The predicted octanol–water partition coefficient (Wildman–Crippen LogP) is 5.27. The summed E-state index contributed by atoms with van der Waals surface area (Å²) in [5.41, 5.74) is 3.00. The van der Waals surface area contributed by atoms with E-state index in [0.29, 0.717) is 0 Å². The normalized spacial score (nSPS) is 12.8. The number of carbonyl (C=O) groups is 1. The highest BCUT2D eigenvalue weighted by Gasteiger charge is 2.39. The number of hydrogen-bond donors (Lipinski definition) is 1. The molecule has 28 heavy (non-hydrogen) atoms. The first-order valence-corrected chi connectivity index (χ1v) is 9.30. The fourth-order valence-corrected chi connectivity index (χ4v) is 3.80. The predicted molar refractivity (Wildman–Crippen MR) is 111 cm³/mol. The highest BCUT2D eigenvalue weighted by Crippen LogP contribution is 2.42. The molecule has 1 N–H and O–H groups in total. The molecule has 4 aromatic rings. The van der Waals surface area contributed by atoms with Crippen LogP contribution in [0.5, 0.6) is 0 Å². The summed E-state index contributed by atoms with van der Waals surface area (Å²) in [5.74, 6) is -1.09. The van der Waals surface area contributed by atoms with E-state index in [1.54, 1.807) is 13.8 Å². The first kappa shape index (κ1) is 18.0. The van der Waals surface area contributed by atoms with E-state index in [1.165, 1.54) is 0 Å². The number of carboxylic acid groups (broad SMARTS) is 1. The molecule has 0 unspecified atom stereocenters. The Labute approximate surface area is 164 Å². The lowest BCUT2D eigenvalue weighted by molar-refractivity contribution is -0.147. The molecule has 4 nitrogen and oxygen atoms in total. The number of hydrogen-bond acceptors (Lipinski definition) is 2. The maximum absolute atomic E-state index is 12.0. The van der Waals surface area contributed by atoms with Crippen molar-refractivity contribution in [3.05, 3.63) is 96.2 Å². The first-order chi connectivity index (χ1) is 13.5. The highest BCUT2D eigenvalue weighted by molar-refractivity contribution is 5.82. The number of rotatable bonds is 5. The fraction of sp³-hybridized carbons (Fsp3) is 0.167. The van der Waals surface area contributed by atoms with Crippen LogP contribution < -0.4 is 0 Å².